The van der Waals surface area contributed by atoms with Crippen LogP contribution in [0.15, 0.2) is 24.3 Å². The monoisotopic (exact) mass is 297 g/mol. The molecule has 0 unspecified atom stereocenters. The Morgan fingerprint density at radius 2 is 1.91 bits per heavy atom. The van der Waals surface area contributed by atoms with E-state index in [0.717, 1.165) is 24.6 Å². The van der Waals surface area contributed by atoms with Crippen molar-refractivity contribution in [2.45, 2.75) is 44.4 Å². The molecule has 5 heteroatoms. The van der Waals surface area contributed by atoms with Gasteiger partial charge < -0.3 is 10.2 Å². The van der Waals surface area contributed by atoms with E-state index in [1.807, 2.05) is 0 Å². The maximum Gasteiger partial charge on any atom is 0.246 e. The van der Waals surface area contributed by atoms with Crippen molar-refractivity contribution in [3.05, 3.63) is 30.1 Å². The Kier molecular flexibility index (Phi) is 3.70. The lowest BCUT2D eigenvalue weighted by Crippen LogP contribution is -2.23. The maximum absolute atomic E-state index is 4.53. The number of rotatable bonds is 4. The Morgan fingerprint density at radius 3 is 2.68 bits per heavy atom. The lowest BCUT2D eigenvalue weighted by atomic mass is 10.2. The molecule has 0 amide bonds. The Bertz CT molecular complexity index is 623. The molecular weight excluding hydrogens is 274 g/mol. The molecule has 2 N–H and O–H groups in total. The summed E-state index contributed by atoms with van der Waals surface area (Å²) in [6.45, 7) is 2.33. The molecule has 4 rings (SSSR count). The Morgan fingerprint density at radius 1 is 1.09 bits per heavy atom. The second-order valence-electron chi connectivity index (χ2n) is 6.40. The molecule has 116 valence electrons. The third kappa shape index (κ3) is 3.08. The van der Waals surface area contributed by atoms with E-state index in [-0.39, 0.29) is 0 Å². The molecule has 1 aromatic carbocycles. The van der Waals surface area contributed by atoms with Gasteiger partial charge in [-0.3, -0.25) is 5.10 Å². The summed E-state index contributed by atoms with van der Waals surface area (Å²) in [4.78, 5) is 7.03. The van der Waals surface area contributed by atoms with Crippen LogP contribution in [0.3, 0.4) is 0 Å². The smallest absolute Gasteiger partial charge is 0.246 e. The van der Waals surface area contributed by atoms with Gasteiger partial charge in [-0.25, -0.2) is 0 Å². The predicted molar refractivity (Wildman–Crippen MR) is 88.8 cm³/mol. The highest BCUT2D eigenvalue weighted by atomic mass is 15.3. The van der Waals surface area contributed by atoms with Gasteiger partial charge in [0, 0.05) is 30.4 Å². The van der Waals surface area contributed by atoms with Gasteiger partial charge in [0.2, 0.25) is 5.95 Å². The number of hydrogen-bond donors (Lipinski definition) is 2. The van der Waals surface area contributed by atoms with E-state index >= 15 is 0 Å². The summed E-state index contributed by atoms with van der Waals surface area (Å²) in [5.74, 6) is 2.30. The molecule has 2 aliphatic rings. The van der Waals surface area contributed by atoms with E-state index in [1.54, 1.807) is 0 Å². The third-order valence-electron chi connectivity index (χ3n) is 4.54. The lowest BCUT2D eigenvalue weighted by Gasteiger charge is -2.23. The molecule has 0 bridgehead atoms. The first kappa shape index (κ1) is 13.6. The number of anilines is 3. The number of benzene rings is 1. The van der Waals surface area contributed by atoms with Crippen LogP contribution in [-0.4, -0.2) is 28.3 Å². The van der Waals surface area contributed by atoms with Gasteiger partial charge in [-0.15, -0.1) is 5.10 Å². The molecule has 2 fully saturated rings. The number of aromatic nitrogens is 3. The van der Waals surface area contributed by atoms with Gasteiger partial charge in [-0.2, -0.15) is 4.98 Å². The van der Waals surface area contributed by atoms with Crippen LogP contribution in [0.5, 0.6) is 0 Å². The molecule has 1 saturated carbocycles. The zero-order valence-electron chi connectivity index (χ0n) is 12.9. The third-order valence-corrected chi connectivity index (χ3v) is 4.54. The quantitative estimate of drug-likeness (QED) is 0.901. The molecule has 1 saturated heterocycles. The Hall–Kier alpha value is -2.04. The maximum atomic E-state index is 4.53. The first-order valence-corrected chi connectivity index (χ1v) is 8.43. The first-order chi connectivity index (χ1) is 10.9. The largest absolute Gasteiger partial charge is 0.371 e. The lowest BCUT2D eigenvalue weighted by molar-refractivity contribution is 0.726. The predicted octanol–water partition coefficient (Wildman–Crippen LogP) is 3.81. The highest BCUT2D eigenvalue weighted by molar-refractivity contribution is 5.62. The number of nitrogens with zero attached hydrogens (tertiary/aromatic N) is 3. The van der Waals surface area contributed by atoms with E-state index in [2.05, 4.69) is 49.7 Å². The minimum atomic E-state index is 0.603. The van der Waals surface area contributed by atoms with Gasteiger partial charge in [0.1, 0.15) is 5.82 Å². The minimum Gasteiger partial charge on any atom is -0.371 e. The van der Waals surface area contributed by atoms with Crippen LogP contribution in [0.4, 0.5) is 17.3 Å². The van der Waals surface area contributed by atoms with Crippen molar-refractivity contribution < 1.29 is 0 Å². The zero-order valence-corrected chi connectivity index (χ0v) is 12.9. The van der Waals surface area contributed by atoms with Crippen molar-refractivity contribution >= 4 is 17.3 Å². The summed E-state index contributed by atoms with van der Waals surface area (Å²) in [5, 5.41) is 10.6. The summed E-state index contributed by atoms with van der Waals surface area (Å²) in [6.07, 6.45) is 7.77. The van der Waals surface area contributed by atoms with Crippen LogP contribution >= 0.6 is 0 Å². The first-order valence-electron chi connectivity index (χ1n) is 8.43. The van der Waals surface area contributed by atoms with Crippen LogP contribution in [0.2, 0.25) is 0 Å². The van der Waals surface area contributed by atoms with Crippen LogP contribution < -0.4 is 10.2 Å². The SMILES string of the molecule is c1cc(Nc2n[nH]c(C3CC3)n2)cc(N2CCCCCC2)c1. The molecule has 1 aliphatic carbocycles. The van der Waals surface area contributed by atoms with Gasteiger partial charge in [0.25, 0.3) is 0 Å². The van der Waals surface area contributed by atoms with E-state index < -0.39 is 0 Å². The van der Waals surface area contributed by atoms with E-state index in [1.165, 1.54) is 44.2 Å². The van der Waals surface area contributed by atoms with Crippen molar-refractivity contribution in [3.63, 3.8) is 0 Å². The van der Waals surface area contributed by atoms with Crippen molar-refractivity contribution in [3.8, 4) is 0 Å². The normalized spacial score (nSPS) is 19.0. The Labute approximate surface area is 131 Å². The molecule has 0 atom stereocenters. The molecule has 1 aromatic heterocycles. The zero-order chi connectivity index (χ0) is 14.8. The number of aromatic amines is 1. The Balaban J connectivity index is 1.47. The summed E-state index contributed by atoms with van der Waals surface area (Å²) >= 11 is 0. The molecule has 22 heavy (non-hydrogen) atoms. The fraction of sp³-hybridized carbons (Fsp3) is 0.529. The van der Waals surface area contributed by atoms with Gasteiger partial charge in [0.05, 0.1) is 0 Å². The van der Waals surface area contributed by atoms with E-state index in [4.69, 9.17) is 0 Å². The van der Waals surface area contributed by atoms with Crippen LogP contribution in [0.25, 0.3) is 0 Å². The molecule has 2 aromatic rings. The second kappa shape index (κ2) is 5.99. The standard InChI is InChI=1S/C17H23N5/c1-2-4-11-22(10-3-1)15-7-5-6-14(12-15)18-17-19-16(20-21-17)13-8-9-13/h5-7,12-13H,1-4,8-11H2,(H2,18,19,20,21). The van der Waals surface area contributed by atoms with Gasteiger partial charge in [-0.05, 0) is 43.9 Å². The summed E-state index contributed by atoms with van der Waals surface area (Å²) < 4.78 is 0. The molecule has 2 heterocycles. The average Bonchev–Trinajstić information content (AvgIpc) is 3.33. The molecular formula is C17H23N5. The van der Waals surface area contributed by atoms with Crippen LogP contribution in [0.1, 0.15) is 50.3 Å². The summed E-state index contributed by atoms with van der Waals surface area (Å²) in [7, 11) is 0. The van der Waals surface area contributed by atoms with Crippen molar-refractivity contribution in [1.82, 2.24) is 15.2 Å². The average molecular weight is 297 g/mol. The number of nitrogens with one attached hydrogen (secondary N) is 2. The van der Waals surface area contributed by atoms with E-state index in [0.29, 0.717) is 11.9 Å². The number of H-pyrrole nitrogens is 1. The molecule has 0 spiro atoms. The molecule has 1 aliphatic heterocycles. The van der Waals surface area contributed by atoms with E-state index in [9.17, 15) is 0 Å². The fourth-order valence-electron chi connectivity index (χ4n) is 3.11. The molecule has 0 radical (unpaired) electrons. The highest BCUT2D eigenvalue weighted by Gasteiger charge is 2.27. The summed E-state index contributed by atoms with van der Waals surface area (Å²) in [6, 6.07) is 8.59. The van der Waals surface area contributed by atoms with Crippen LogP contribution in [-0.2, 0) is 0 Å². The fourth-order valence-corrected chi connectivity index (χ4v) is 3.11. The topological polar surface area (TPSA) is 56.8 Å². The minimum absolute atomic E-state index is 0.603. The van der Waals surface area contributed by atoms with Crippen LogP contribution in [0, 0.1) is 0 Å². The number of hydrogen-bond acceptors (Lipinski definition) is 4. The molecule has 5 nitrogen and oxygen atoms in total. The van der Waals surface area contributed by atoms with Crippen molar-refractivity contribution in [2.75, 3.05) is 23.3 Å². The second-order valence-corrected chi connectivity index (χ2v) is 6.40. The van der Waals surface area contributed by atoms with Gasteiger partial charge in [0.15, 0.2) is 0 Å². The van der Waals surface area contributed by atoms with Gasteiger partial charge in [-0.1, -0.05) is 18.9 Å². The summed E-state index contributed by atoms with van der Waals surface area (Å²) in [5.41, 5.74) is 2.35. The van der Waals surface area contributed by atoms with Crippen molar-refractivity contribution in [2.24, 2.45) is 0 Å². The van der Waals surface area contributed by atoms with Crippen molar-refractivity contribution in [1.29, 1.82) is 0 Å². The van der Waals surface area contributed by atoms with Gasteiger partial charge >= 0.3 is 0 Å². The highest BCUT2D eigenvalue weighted by Crippen LogP contribution is 2.38.